The van der Waals surface area contributed by atoms with Crippen molar-refractivity contribution in [3.63, 3.8) is 0 Å². The van der Waals surface area contributed by atoms with Crippen molar-refractivity contribution >= 4 is 19.5 Å². The van der Waals surface area contributed by atoms with Crippen LogP contribution in [0.3, 0.4) is 0 Å². The van der Waals surface area contributed by atoms with Crippen LogP contribution in [0.1, 0.15) is 27.2 Å². The van der Waals surface area contributed by atoms with Crippen LogP contribution in [0.25, 0.3) is 0 Å². The van der Waals surface area contributed by atoms with Crippen LogP contribution in [-0.4, -0.2) is 54.5 Å². The number of Topliss-reactive ketones (excluding diaryl/α,β-unsaturated/α-hetero) is 1. The predicted octanol–water partition coefficient (Wildman–Crippen LogP) is 2.39. The van der Waals surface area contributed by atoms with Gasteiger partial charge in [0, 0.05) is 12.5 Å². The van der Waals surface area contributed by atoms with Crippen molar-refractivity contribution in [1.82, 2.24) is 9.99 Å². The number of fused-ring (bicyclic) bond motifs is 2. The Balaban J connectivity index is 1.69. The van der Waals surface area contributed by atoms with Gasteiger partial charge in [-0.1, -0.05) is 18.2 Å². The lowest BCUT2D eigenvalue weighted by molar-refractivity contribution is -0.149. The molecule has 2 aliphatic rings. The number of ketones is 1. The average molecular weight is 410 g/mol. The highest BCUT2D eigenvalue weighted by Crippen LogP contribution is 2.46. The van der Waals surface area contributed by atoms with Crippen LogP contribution in [0.5, 0.6) is 5.75 Å². The van der Waals surface area contributed by atoms with E-state index in [1.807, 2.05) is 4.90 Å². The van der Waals surface area contributed by atoms with Crippen molar-refractivity contribution < 1.29 is 27.9 Å². The van der Waals surface area contributed by atoms with Crippen LogP contribution in [0.15, 0.2) is 30.3 Å². The molecule has 2 bridgehead atoms. The molecule has 0 aromatic heterocycles. The van der Waals surface area contributed by atoms with E-state index in [-0.39, 0.29) is 24.4 Å². The second-order valence-electron chi connectivity index (χ2n) is 7.43. The number of rotatable bonds is 9. The number of hydrogen-bond acceptors (Lipinski definition) is 7. The largest absolute Gasteiger partial charge is 0.462 e. The zero-order valence-corrected chi connectivity index (χ0v) is 17.3. The minimum absolute atomic E-state index is 0.0379. The number of carbonyl (C=O) groups is 2. The SMILES string of the molecule is CC(C)OC(=O)[C@H](C)NP(=O)(OCC1C(=O)[C@@H]2CCN1C2)Oc1ccccc1. The first-order valence-corrected chi connectivity index (χ1v) is 11.1. The third-order valence-corrected chi connectivity index (χ3v) is 6.46. The number of benzene rings is 1. The van der Waals surface area contributed by atoms with Crippen LogP contribution in [-0.2, 0) is 23.4 Å². The molecule has 1 aromatic rings. The van der Waals surface area contributed by atoms with E-state index in [2.05, 4.69) is 5.09 Å². The lowest BCUT2D eigenvalue weighted by Crippen LogP contribution is -2.41. The van der Waals surface area contributed by atoms with Gasteiger partial charge >= 0.3 is 13.7 Å². The summed E-state index contributed by atoms with van der Waals surface area (Å²) in [5, 5.41) is 2.64. The molecule has 8 nitrogen and oxygen atoms in total. The smallest absolute Gasteiger partial charge is 0.459 e. The Hall–Kier alpha value is -1.73. The van der Waals surface area contributed by atoms with Gasteiger partial charge in [0.05, 0.1) is 18.8 Å². The highest BCUT2D eigenvalue weighted by molar-refractivity contribution is 7.52. The summed E-state index contributed by atoms with van der Waals surface area (Å²) >= 11 is 0. The summed E-state index contributed by atoms with van der Waals surface area (Å²) < 4.78 is 29.7. The molecule has 2 aliphatic heterocycles. The molecule has 154 valence electrons. The molecule has 2 saturated heterocycles. The van der Waals surface area contributed by atoms with Crippen LogP contribution >= 0.6 is 7.75 Å². The van der Waals surface area contributed by atoms with Crippen molar-refractivity contribution in [2.75, 3.05) is 19.7 Å². The van der Waals surface area contributed by atoms with Gasteiger partial charge in [0.1, 0.15) is 11.8 Å². The summed E-state index contributed by atoms with van der Waals surface area (Å²) in [4.78, 5) is 26.5. The van der Waals surface area contributed by atoms with Gasteiger partial charge < -0.3 is 9.26 Å². The number of nitrogens with one attached hydrogen (secondary N) is 1. The number of nitrogens with zero attached hydrogens (tertiary/aromatic N) is 1. The molecule has 2 heterocycles. The van der Waals surface area contributed by atoms with E-state index in [1.165, 1.54) is 6.92 Å². The van der Waals surface area contributed by atoms with E-state index in [1.54, 1.807) is 44.2 Å². The van der Waals surface area contributed by atoms with Crippen molar-refractivity contribution in [2.24, 2.45) is 5.92 Å². The second-order valence-corrected chi connectivity index (χ2v) is 9.13. The van der Waals surface area contributed by atoms with E-state index < -0.39 is 25.8 Å². The maximum absolute atomic E-state index is 13.4. The molecule has 0 saturated carbocycles. The van der Waals surface area contributed by atoms with E-state index in [9.17, 15) is 14.2 Å². The fourth-order valence-electron chi connectivity index (χ4n) is 3.45. The summed E-state index contributed by atoms with van der Waals surface area (Å²) in [6, 6.07) is 7.22. The molecule has 3 rings (SSSR count). The molecule has 1 N–H and O–H groups in total. The first-order valence-electron chi connectivity index (χ1n) is 9.53. The summed E-state index contributed by atoms with van der Waals surface area (Å²) in [6.45, 7) is 6.49. The Kier molecular flexibility index (Phi) is 6.55. The van der Waals surface area contributed by atoms with Crippen molar-refractivity contribution in [3.8, 4) is 5.75 Å². The average Bonchev–Trinajstić information content (AvgIpc) is 3.22. The maximum Gasteiger partial charge on any atom is 0.459 e. The van der Waals surface area contributed by atoms with Crippen LogP contribution < -0.4 is 9.61 Å². The lowest BCUT2D eigenvalue weighted by atomic mass is 9.99. The lowest BCUT2D eigenvalue weighted by Gasteiger charge is -2.27. The molecular weight excluding hydrogens is 383 g/mol. The van der Waals surface area contributed by atoms with Crippen molar-refractivity contribution in [3.05, 3.63) is 30.3 Å². The van der Waals surface area contributed by atoms with Gasteiger partial charge in [-0.15, -0.1) is 0 Å². The molecule has 0 aliphatic carbocycles. The van der Waals surface area contributed by atoms with Crippen molar-refractivity contribution in [2.45, 2.75) is 45.4 Å². The Labute approximate surface area is 165 Å². The van der Waals surface area contributed by atoms with Crippen LogP contribution in [0, 0.1) is 5.92 Å². The molecule has 28 heavy (non-hydrogen) atoms. The van der Waals surface area contributed by atoms with Crippen molar-refractivity contribution in [1.29, 1.82) is 0 Å². The number of carbonyl (C=O) groups excluding carboxylic acids is 2. The Morgan fingerprint density at radius 1 is 1.29 bits per heavy atom. The number of piperidine rings is 1. The molecule has 0 spiro atoms. The first kappa shape index (κ1) is 21.0. The van der Waals surface area contributed by atoms with Gasteiger partial charge in [-0.2, -0.15) is 5.09 Å². The third kappa shape index (κ3) is 5.00. The van der Waals surface area contributed by atoms with Gasteiger partial charge in [-0.3, -0.25) is 19.0 Å². The molecule has 5 atom stereocenters. The quantitative estimate of drug-likeness (QED) is 0.490. The first-order chi connectivity index (χ1) is 13.3. The molecular formula is C19H27N2O6P. The molecule has 3 unspecified atom stereocenters. The number of esters is 1. The fourth-order valence-corrected chi connectivity index (χ4v) is 4.94. The summed E-state index contributed by atoms with van der Waals surface area (Å²) in [7, 11) is -3.93. The number of hydrogen-bond donors (Lipinski definition) is 1. The highest BCUT2D eigenvalue weighted by Gasteiger charge is 2.46. The number of ether oxygens (including phenoxy) is 1. The molecule has 0 amide bonds. The Bertz CT molecular complexity index is 756. The van der Waals surface area contributed by atoms with Gasteiger partial charge in [-0.05, 0) is 45.9 Å². The second kappa shape index (κ2) is 8.74. The summed E-state index contributed by atoms with van der Waals surface area (Å²) in [5.74, 6) is -0.0710. The number of para-hydroxylation sites is 1. The molecule has 0 radical (unpaired) electrons. The standard InChI is InChI=1S/C19H27N2O6P/c1-13(2)26-19(23)14(3)20-28(24,27-16-7-5-4-6-8-16)25-12-17-18(22)15-9-10-21(17)11-15/h4-8,13-15,17H,9-12H2,1-3H3,(H,20,24)/t14-,15+,17?,28?/m0/s1. The topological polar surface area (TPSA) is 94.2 Å². The van der Waals surface area contributed by atoms with Gasteiger partial charge in [-0.25, -0.2) is 4.57 Å². The fraction of sp³-hybridized carbons (Fsp3) is 0.579. The zero-order valence-electron chi connectivity index (χ0n) is 16.4. The summed E-state index contributed by atoms with van der Waals surface area (Å²) in [6.07, 6.45) is 0.565. The maximum atomic E-state index is 13.4. The predicted molar refractivity (Wildman–Crippen MR) is 103 cm³/mol. The third-order valence-electron chi connectivity index (χ3n) is 4.82. The minimum atomic E-state index is -3.93. The van der Waals surface area contributed by atoms with E-state index in [0.717, 1.165) is 19.5 Å². The summed E-state index contributed by atoms with van der Waals surface area (Å²) in [5.41, 5.74) is 0. The van der Waals surface area contributed by atoms with Crippen LogP contribution in [0.4, 0.5) is 0 Å². The Morgan fingerprint density at radius 3 is 2.61 bits per heavy atom. The van der Waals surface area contributed by atoms with Gasteiger partial charge in [0.15, 0.2) is 5.78 Å². The normalized spacial score (nSPS) is 26.9. The minimum Gasteiger partial charge on any atom is -0.462 e. The van der Waals surface area contributed by atoms with E-state index >= 15 is 0 Å². The van der Waals surface area contributed by atoms with E-state index in [4.69, 9.17) is 13.8 Å². The van der Waals surface area contributed by atoms with Gasteiger partial charge in [0.25, 0.3) is 0 Å². The molecule has 1 aromatic carbocycles. The van der Waals surface area contributed by atoms with E-state index in [0.29, 0.717) is 5.75 Å². The molecule has 2 fully saturated rings. The van der Waals surface area contributed by atoms with Gasteiger partial charge in [0.2, 0.25) is 0 Å². The Morgan fingerprint density at radius 2 is 2.00 bits per heavy atom. The monoisotopic (exact) mass is 410 g/mol. The molecule has 9 heteroatoms. The van der Waals surface area contributed by atoms with Crippen LogP contribution in [0.2, 0.25) is 0 Å². The highest BCUT2D eigenvalue weighted by atomic mass is 31.2. The zero-order chi connectivity index (χ0) is 20.3.